The molecule has 0 amide bonds. The van der Waals surface area contributed by atoms with E-state index >= 15 is 0 Å². The summed E-state index contributed by atoms with van der Waals surface area (Å²) in [6, 6.07) is 7.73. The third-order valence-electron chi connectivity index (χ3n) is 5.18. The summed E-state index contributed by atoms with van der Waals surface area (Å²) in [5, 5.41) is 10.7. The number of fused-ring (bicyclic) bond motifs is 1. The summed E-state index contributed by atoms with van der Waals surface area (Å²) in [6.07, 6.45) is 0.0221. The maximum absolute atomic E-state index is 12.6. The molecule has 0 fully saturated rings. The molecule has 162 valence electrons. The summed E-state index contributed by atoms with van der Waals surface area (Å²) in [7, 11) is 1.56. The topological polar surface area (TPSA) is 105 Å². The number of hydrogen-bond donors (Lipinski definition) is 2. The zero-order valence-corrected chi connectivity index (χ0v) is 17.9. The van der Waals surface area contributed by atoms with E-state index in [0.717, 1.165) is 12.0 Å². The van der Waals surface area contributed by atoms with Crippen LogP contribution in [0.4, 0.5) is 5.95 Å². The lowest BCUT2D eigenvalue weighted by molar-refractivity contribution is 0.0936. The minimum Gasteiger partial charge on any atom is -0.491 e. The summed E-state index contributed by atoms with van der Waals surface area (Å²) in [6.45, 7) is 7.54. The van der Waals surface area contributed by atoms with Crippen molar-refractivity contribution >= 4 is 17.1 Å². The van der Waals surface area contributed by atoms with E-state index in [1.807, 2.05) is 43.0 Å². The van der Waals surface area contributed by atoms with Crippen LogP contribution >= 0.6 is 0 Å². The predicted octanol–water partition coefficient (Wildman–Crippen LogP) is 1.27. The molecule has 0 spiro atoms. The lowest BCUT2D eigenvalue weighted by Crippen LogP contribution is -2.32. The second-order valence-electron chi connectivity index (χ2n) is 7.15. The number of imidazole rings is 1. The number of rotatable bonds is 9. The van der Waals surface area contributed by atoms with Gasteiger partial charge in [-0.25, -0.2) is 4.79 Å². The van der Waals surface area contributed by atoms with Gasteiger partial charge in [-0.3, -0.25) is 14.3 Å². The molecule has 1 atom stereocenters. The fourth-order valence-electron chi connectivity index (χ4n) is 3.45. The third-order valence-corrected chi connectivity index (χ3v) is 5.18. The Labute approximate surface area is 174 Å². The number of aliphatic hydroxyl groups is 1. The Morgan fingerprint density at radius 1 is 1.23 bits per heavy atom. The van der Waals surface area contributed by atoms with Gasteiger partial charge in [0.25, 0.3) is 5.56 Å². The monoisotopic (exact) mass is 415 g/mol. The molecule has 3 rings (SSSR count). The van der Waals surface area contributed by atoms with Gasteiger partial charge in [-0.05, 0) is 38.0 Å². The summed E-state index contributed by atoms with van der Waals surface area (Å²) < 4.78 is 8.73. The Kier molecular flexibility index (Phi) is 6.61. The molecule has 3 aromatic rings. The smallest absolute Gasteiger partial charge is 0.329 e. The van der Waals surface area contributed by atoms with Crippen molar-refractivity contribution < 1.29 is 9.84 Å². The van der Waals surface area contributed by atoms with Crippen LogP contribution in [0.15, 0.2) is 33.9 Å². The predicted molar refractivity (Wildman–Crippen MR) is 116 cm³/mol. The highest BCUT2D eigenvalue weighted by molar-refractivity contribution is 5.74. The number of hydrogen-bond acceptors (Lipinski definition) is 6. The maximum atomic E-state index is 12.6. The van der Waals surface area contributed by atoms with Crippen LogP contribution in [0.25, 0.3) is 11.2 Å². The summed E-state index contributed by atoms with van der Waals surface area (Å²) in [5.41, 5.74) is 0.644. The number of ether oxygens (including phenoxy) is 1. The van der Waals surface area contributed by atoms with Crippen LogP contribution in [0.3, 0.4) is 0 Å². The van der Waals surface area contributed by atoms with Crippen molar-refractivity contribution in [3.8, 4) is 5.75 Å². The molecule has 9 nitrogen and oxygen atoms in total. The van der Waals surface area contributed by atoms with E-state index in [-0.39, 0.29) is 24.3 Å². The van der Waals surface area contributed by atoms with Crippen LogP contribution in [0.1, 0.15) is 26.3 Å². The number of anilines is 1. The summed E-state index contributed by atoms with van der Waals surface area (Å²) >= 11 is 0. The highest BCUT2D eigenvalue weighted by atomic mass is 16.5. The molecule has 1 aromatic carbocycles. The van der Waals surface area contributed by atoms with Crippen molar-refractivity contribution in [1.82, 2.24) is 19.1 Å². The van der Waals surface area contributed by atoms with Crippen LogP contribution in [0, 0.1) is 0 Å². The van der Waals surface area contributed by atoms with Crippen LogP contribution < -0.4 is 20.9 Å². The van der Waals surface area contributed by atoms with Crippen LogP contribution in [-0.4, -0.2) is 50.0 Å². The van der Waals surface area contributed by atoms with Gasteiger partial charge < -0.3 is 19.3 Å². The zero-order chi connectivity index (χ0) is 21.8. The summed E-state index contributed by atoms with van der Waals surface area (Å²) in [4.78, 5) is 33.4. The Morgan fingerprint density at radius 3 is 2.63 bits per heavy atom. The van der Waals surface area contributed by atoms with Gasteiger partial charge in [0, 0.05) is 20.1 Å². The lowest BCUT2D eigenvalue weighted by Gasteiger charge is -2.22. The normalized spacial score (nSPS) is 12.3. The van der Waals surface area contributed by atoms with Crippen molar-refractivity contribution in [2.24, 2.45) is 7.05 Å². The van der Waals surface area contributed by atoms with Crippen molar-refractivity contribution in [2.45, 2.75) is 39.8 Å². The number of aromatic amines is 1. The molecule has 0 radical (unpaired) electrons. The first kappa shape index (κ1) is 21.6. The zero-order valence-electron chi connectivity index (χ0n) is 17.9. The molecule has 30 heavy (non-hydrogen) atoms. The number of aliphatic hydroxyl groups excluding tert-OH is 1. The number of aryl methyl sites for hydroxylation is 2. The molecule has 0 bridgehead atoms. The highest BCUT2D eigenvalue weighted by Crippen LogP contribution is 2.20. The van der Waals surface area contributed by atoms with Gasteiger partial charge in [-0.2, -0.15) is 4.98 Å². The molecule has 9 heteroatoms. The molecule has 0 saturated heterocycles. The molecule has 0 saturated carbocycles. The standard InChI is InChI=1S/C21H29N5O4/c1-5-14-9-8-10-16(11-14)30-13-15(27)12-26-17-18(22-20(26)25(6-2)7-3)24(4)21(29)23-19(17)28/h8-11,15,27H,5-7,12-13H2,1-4H3,(H,23,28,29)/t15-/m0/s1. The fraction of sp³-hybridized carbons (Fsp3) is 0.476. The van der Waals surface area contributed by atoms with E-state index in [2.05, 4.69) is 16.9 Å². The second-order valence-corrected chi connectivity index (χ2v) is 7.15. The van der Waals surface area contributed by atoms with E-state index in [9.17, 15) is 14.7 Å². The molecular weight excluding hydrogens is 386 g/mol. The molecule has 0 unspecified atom stereocenters. The largest absolute Gasteiger partial charge is 0.491 e. The number of H-pyrrole nitrogens is 1. The first-order valence-corrected chi connectivity index (χ1v) is 10.2. The number of aromatic nitrogens is 4. The molecule has 2 heterocycles. The Morgan fingerprint density at radius 2 is 1.97 bits per heavy atom. The molecular formula is C21H29N5O4. The van der Waals surface area contributed by atoms with Gasteiger partial charge in [0.15, 0.2) is 11.2 Å². The van der Waals surface area contributed by atoms with Crippen molar-refractivity contribution in [3.63, 3.8) is 0 Å². The molecule has 2 N–H and O–H groups in total. The van der Waals surface area contributed by atoms with Gasteiger partial charge in [-0.1, -0.05) is 19.1 Å². The Bertz CT molecular complexity index is 1130. The Hall–Kier alpha value is -3.07. The third kappa shape index (κ3) is 4.25. The Balaban J connectivity index is 1.93. The van der Waals surface area contributed by atoms with E-state index in [1.54, 1.807) is 11.6 Å². The first-order chi connectivity index (χ1) is 14.4. The second kappa shape index (κ2) is 9.17. The first-order valence-electron chi connectivity index (χ1n) is 10.2. The highest BCUT2D eigenvalue weighted by Gasteiger charge is 2.22. The van der Waals surface area contributed by atoms with Crippen LogP contribution in [0.2, 0.25) is 0 Å². The minimum absolute atomic E-state index is 0.0637. The van der Waals surface area contributed by atoms with E-state index in [0.29, 0.717) is 24.8 Å². The van der Waals surface area contributed by atoms with Crippen molar-refractivity contribution in [1.29, 1.82) is 0 Å². The van der Waals surface area contributed by atoms with Crippen LogP contribution in [-0.2, 0) is 20.0 Å². The van der Waals surface area contributed by atoms with E-state index in [1.165, 1.54) is 4.57 Å². The van der Waals surface area contributed by atoms with Crippen LogP contribution in [0.5, 0.6) is 5.75 Å². The summed E-state index contributed by atoms with van der Waals surface area (Å²) in [5.74, 6) is 1.22. The lowest BCUT2D eigenvalue weighted by atomic mass is 10.2. The van der Waals surface area contributed by atoms with Gasteiger partial charge in [0.2, 0.25) is 5.95 Å². The molecule has 2 aromatic heterocycles. The van der Waals surface area contributed by atoms with Crippen molar-refractivity contribution in [3.05, 3.63) is 50.7 Å². The SMILES string of the molecule is CCc1cccc(OC[C@@H](O)Cn2c(N(CC)CC)nc3c2c(=O)[nH]c(=O)n3C)c1. The number of benzene rings is 1. The van der Waals surface area contributed by atoms with Gasteiger partial charge in [-0.15, -0.1) is 0 Å². The molecule has 0 aliphatic heterocycles. The fourth-order valence-corrected chi connectivity index (χ4v) is 3.45. The molecule has 0 aliphatic carbocycles. The van der Waals surface area contributed by atoms with E-state index in [4.69, 9.17) is 4.74 Å². The quantitative estimate of drug-likeness (QED) is 0.545. The number of nitrogens with one attached hydrogen (secondary N) is 1. The maximum Gasteiger partial charge on any atom is 0.329 e. The van der Waals surface area contributed by atoms with E-state index < -0.39 is 17.4 Å². The van der Waals surface area contributed by atoms with Crippen molar-refractivity contribution in [2.75, 3.05) is 24.6 Å². The average Bonchev–Trinajstić information content (AvgIpc) is 3.11. The van der Waals surface area contributed by atoms with Gasteiger partial charge >= 0.3 is 5.69 Å². The van der Waals surface area contributed by atoms with Gasteiger partial charge in [0.1, 0.15) is 18.5 Å². The average molecular weight is 415 g/mol. The minimum atomic E-state index is -0.876. The number of nitrogens with zero attached hydrogens (tertiary/aromatic N) is 4. The van der Waals surface area contributed by atoms with Gasteiger partial charge in [0.05, 0.1) is 6.54 Å². The molecule has 0 aliphatic rings.